The monoisotopic (exact) mass is 233 g/mol. The fourth-order valence-electron chi connectivity index (χ4n) is 1.54. The van der Waals surface area contributed by atoms with Gasteiger partial charge in [-0.05, 0) is 12.5 Å². The highest BCUT2D eigenvalue weighted by Crippen LogP contribution is 2.17. The van der Waals surface area contributed by atoms with Crippen LogP contribution in [0.5, 0.6) is 0 Å². The number of ketones is 1. The molecule has 2 nitrogen and oxygen atoms in total. The van der Waals surface area contributed by atoms with Crippen LogP contribution >= 0.6 is 0 Å². The second kappa shape index (κ2) is 5.97. The van der Waals surface area contributed by atoms with Crippen molar-refractivity contribution in [2.24, 2.45) is 5.41 Å². The van der Waals surface area contributed by atoms with Gasteiger partial charge in [0.1, 0.15) is 5.78 Å². The predicted molar refractivity (Wildman–Crippen MR) is 71.8 cm³/mol. The summed E-state index contributed by atoms with van der Waals surface area (Å²) in [6.45, 7) is 8.80. The summed E-state index contributed by atoms with van der Waals surface area (Å²) in [5.74, 6) is 0.311. The Morgan fingerprint density at radius 2 is 1.82 bits per heavy atom. The lowest BCUT2D eigenvalue weighted by Gasteiger charge is -2.20. The first-order valence-corrected chi connectivity index (χ1v) is 6.20. The van der Waals surface area contributed by atoms with Gasteiger partial charge >= 0.3 is 0 Å². The molecule has 0 aliphatic rings. The number of carbonyl (C=O) groups is 1. The van der Waals surface area contributed by atoms with E-state index >= 15 is 0 Å². The molecule has 0 saturated heterocycles. The highest BCUT2D eigenvalue weighted by atomic mass is 16.1. The highest BCUT2D eigenvalue weighted by molar-refractivity contribution is 5.84. The smallest absolute Gasteiger partial charge is 0.139 e. The van der Waals surface area contributed by atoms with E-state index in [1.165, 1.54) is 5.56 Å². The summed E-state index contributed by atoms with van der Waals surface area (Å²) in [6.07, 6.45) is 0.594. The summed E-state index contributed by atoms with van der Waals surface area (Å²) in [4.78, 5) is 11.8. The SMILES string of the molecule is CC(CC(=O)C(C)(C)C)NCc1ccccc1. The molecule has 2 heteroatoms. The Morgan fingerprint density at radius 1 is 1.24 bits per heavy atom. The number of hydrogen-bond donors (Lipinski definition) is 1. The van der Waals surface area contributed by atoms with Crippen molar-refractivity contribution in [3.8, 4) is 0 Å². The van der Waals surface area contributed by atoms with Crippen molar-refractivity contribution in [2.45, 2.75) is 46.7 Å². The fraction of sp³-hybridized carbons (Fsp3) is 0.533. The molecule has 17 heavy (non-hydrogen) atoms. The fourth-order valence-corrected chi connectivity index (χ4v) is 1.54. The molecule has 1 atom stereocenters. The van der Waals surface area contributed by atoms with Crippen LogP contribution in [0, 0.1) is 5.41 Å². The van der Waals surface area contributed by atoms with Gasteiger partial charge in [0.2, 0.25) is 0 Å². The lowest BCUT2D eigenvalue weighted by atomic mass is 9.87. The van der Waals surface area contributed by atoms with Gasteiger partial charge in [0.15, 0.2) is 0 Å². The second-order valence-electron chi connectivity index (χ2n) is 5.64. The average Bonchev–Trinajstić information content (AvgIpc) is 2.26. The molecule has 1 unspecified atom stereocenters. The Morgan fingerprint density at radius 3 is 2.35 bits per heavy atom. The number of rotatable bonds is 5. The van der Waals surface area contributed by atoms with Gasteiger partial charge in [-0.1, -0.05) is 51.1 Å². The van der Waals surface area contributed by atoms with E-state index in [0.717, 1.165) is 6.54 Å². The van der Waals surface area contributed by atoms with Crippen LogP contribution in [0.1, 0.15) is 39.7 Å². The van der Waals surface area contributed by atoms with Crippen molar-refractivity contribution in [3.05, 3.63) is 35.9 Å². The summed E-state index contributed by atoms with van der Waals surface area (Å²) < 4.78 is 0. The van der Waals surface area contributed by atoms with E-state index in [9.17, 15) is 4.79 Å². The van der Waals surface area contributed by atoms with Gasteiger partial charge in [0.25, 0.3) is 0 Å². The van der Waals surface area contributed by atoms with Crippen LogP contribution in [-0.4, -0.2) is 11.8 Å². The minimum Gasteiger partial charge on any atom is -0.310 e. The van der Waals surface area contributed by atoms with Gasteiger partial charge in [-0.3, -0.25) is 4.79 Å². The number of hydrogen-bond acceptors (Lipinski definition) is 2. The van der Waals surface area contributed by atoms with Crippen LogP contribution in [0.3, 0.4) is 0 Å². The third kappa shape index (κ3) is 5.14. The molecule has 0 heterocycles. The van der Waals surface area contributed by atoms with Crippen LogP contribution in [0.25, 0.3) is 0 Å². The summed E-state index contributed by atoms with van der Waals surface area (Å²) >= 11 is 0. The molecule has 1 N–H and O–H groups in total. The van der Waals surface area contributed by atoms with Crippen molar-refractivity contribution >= 4 is 5.78 Å². The Labute approximate surface area is 104 Å². The van der Waals surface area contributed by atoms with E-state index in [0.29, 0.717) is 12.2 Å². The van der Waals surface area contributed by atoms with Crippen molar-refractivity contribution in [1.82, 2.24) is 5.32 Å². The first-order chi connectivity index (χ1) is 7.89. The maximum Gasteiger partial charge on any atom is 0.139 e. The predicted octanol–water partition coefficient (Wildman–Crippen LogP) is 3.17. The van der Waals surface area contributed by atoms with Crippen LogP contribution in [0.4, 0.5) is 0 Å². The Bertz CT molecular complexity index is 351. The molecular formula is C15H23NO. The van der Waals surface area contributed by atoms with Gasteiger partial charge in [-0.2, -0.15) is 0 Å². The summed E-state index contributed by atoms with van der Waals surface area (Å²) in [5.41, 5.74) is 1.02. The van der Waals surface area contributed by atoms with Crippen LogP contribution in [-0.2, 0) is 11.3 Å². The molecule has 0 aliphatic heterocycles. The van der Waals surface area contributed by atoms with Gasteiger partial charge < -0.3 is 5.32 Å². The minimum atomic E-state index is -0.233. The number of benzene rings is 1. The molecule has 0 spiro atoms. The van der Waals surface area contributed by atoms with E-state index in [2.05, 4.69) is 24.4 Å². The zero-order chi connectivity index (χ0) is 12.9. The van der Waals surface area contributed by atoms with E-state index in [4.69, 9.17) is 0 Å². The molecule has 0 saturated carbocycles. The number of carbonyl (C=O) groups excluding carboxylic acids is 1. The second-order valence-corrected chi connectivity index (χ2v) is 5.64. The highest BCUT2D eigenvalue weighted by Gasteiger charge is 2.22. The quantitative estimate of drug-likeness (QED) is 0.846. The molecule has 1 aromatic rings. The van der Waals surface area contributed by atoms with E-state index < -0.39 is 0 Å². The normalized spacial score (nSPS) is 13.4. The zero-order valence-electron chi connectivity index (χ0n) is 11.3. The molecule has 0 aliphatic carbocycles. The van der Waals surface area contributed by atoms with Crippen LogP contribution in [0.2, 0.25) is 0 Å². The standard InChI is InChI=1S/C15H23NO/c1-12(10-14(17)15(2,3)4)16-11-13-8-6-5-7-9-13/h5-9,12,16H,10-11H2,1-4H3. The largest absolute Gasteiger partial charge is 0.310 e. The number of nitrogens with one attached hydrogen (secondary N) is 1. The molecule has 0 bridgehead atoms. The Balaban J connectivity index is 2.36. The van der Waals surface area contributed by atoms with Gasteiger partial charge in [0.05, 0.1) is 0 Å². The first kappa shape index (κ1) is 13.9. The maximum absolute atomic E-state index is 11.8. The van der Waals surface area contributed by atoms with Crippen molar-refractivity contribution in [3.63, 3.8) is 0 Å². The van der Waals surface area contributed by atoms with Crippen molar-refractivity contribution in [1.29, 1.82) is 0 Å². The first-order valence-electron chi connectivity index (χ1n) is 6.20. The third-order valence-corrected chi connectivity index (χ3v) is 2.83. The van der Waals surface area contributed by atoms with E-state index in [1.807, 2.05) is 39.0 Å². The van der Waals surface area contributed by atoms with Crippen molar-refractivity contribution < 1.29 is 4.79 Å². The minimum absolute atomic E-state index is 0.224. The summed E-state index contributed by atoms with van der Waals surface area (Å²) in [5, 5.41) is 3.38. The van der Waals surface area contributed by atoms with Gasteiger partial charge in [-0.15, -0.1) is 0 Å². The van der Waals surface area contributed by atoms with Crippen molar-refractivity contribution in [2.75, 3.05) is 0 Å². The van der Waals surface area contributed by atoms with Crippen LogP contribution < -0.4 is 5.32 Å². The molecule has 94 valence electrons. The molecule has 0 fully saturated rings. The lowest BCUT2D eigenvalue weighted by molar-refractivity contribution is -0.126. The summed E-state index contributed by atoms with van der Waals surface area (Å²) in [7, 11) is 0. The number of Topliss-reactive ketones (excluding diaryl/α,β-unsaturated/α-hetero) is 1. The lowest BCUT2D eigenvalue weighted by Crippen LogP contribution is -2.32. The molecule has 0 aromatic heterocycles. The molecule has 1 rings (SSSR count). The maximum atomic E-state index is 11.8. The topological polar surface area (TPSA) is 29.1 Å². The van der Waals surface area contributed by atoms with Gasteiger partial charge in [-0.25, -0.2) is 0 Å². The Hall–Kier alpha value is -1.15. The van der Waals surface area contributed by atoms with Gasteiger partial charge in [0, 0.05) is 24.4 Å². The zero-order valence-corrected chi connectivity index (χ0v) is 11.3. The average molecular weight is 233 g/mol. The van der Waals surface area contributed by atoms with E-state index in [-0.39, 0.29) is 11.5 Å². The molecule has 1 aromatic carbocycles. The Kier molecular flexibility index (Phi) is 4.88. The van der Waals surface area contributed by atoms with Crippen LogP contribution in [0.15, 0.2) is 30.3 Å². The van der Waals surface area contributed by atoms with E-state index in [1.54, 1.807) is 0 Å². The molecule has 0 radical (unpaired) electrons. The molecule has 0 amide bonds. The molecular weight excluding hydrogens is 210 g/mol. The summed E-state index contributed by atoms with van der Waals surface area (Å²) in [6, 6.07) is 10.5. The third-order valence-electron chi connectivity index (χ3n) is 2.83.